The maximum atomic E-state index is 13.0. The molecule has 0 spiro atoms. The van der Waals surface area contributed by atoms with E-state index in [-0.39, 0.29) is 16.5 Å². The van der Waals surface area contributed by atoms with Crippen molar-refractivity contribution in [3.63, 3.8) is 0 Å². The molecule has 2 N–H and O–H groups in total. The van der Waals surface area contributed by atoms with Gasteiger partial charge in [0.1, 0.15) is 0 Å². The molecule has 1 aromatic heterocycles. The number of fused-ring (bicyclic) bond motifs is 6. The molecule has 2 aliphatic carbocycles. The SMILES string of the molecule is COc1cc([C@H]2c3sc(=O)[nH]c3SC3C4CCC(C4)C32)ccc1OCC(=O)Nc1cccc(C(F)(F)F)c1. The first-order valence-electron chi connectivity index (χ1n) is 12.4. The van der Waals surface area contributed by atoms with Gasteiger partial charge in [-0.05, 0) is 72.9 Å². The predicted octanol–water partition coefficient (Wildman–Crippen LogP) is 6.13. The summed E-state index contributed by atoms with van der Waals surface area (Å²) in [6.45, 7) is -0.399. The van der Waals surface area contributed by atoms with Crippen LogP contribution in [0.4, 0.5) is 18.9 Å². The number of aromatic nitrogens is 1. The van der Waals surface area contributed by atoms with E-state index in [4.69, 9.17) is 9.47 Å². The summed E-state index contributed by atoms with van der Waals surface area (Å²) in [4.78, 5) is 28.7. The maximum Gasteiger partial charge on any atom is 0.416 e. The zero-order chi connectivity index (χ0) is 26.6. The lowest BCUT2D eigenvalue weighted by Gasteiger charge is -2.40. The fraction of sp³-hybridized carbons (Fsp3) is 0.407. The molecule has 2 heterocycles. The normalized spacial score (nSPS) is 25.5. The van der Waals surface area contributed by atoms with Gasteiger partial charge in [-0.2, -0.15) is 13.2 Å². The summed E-state index contributed by atoms with van der Waals surface area (Å²) in [5, 5.41) is 3.90. The number of amides is 1. The number of alkyl halides is 3. The van der Waals surface area contributed by atoms with Gasteiger partial charge in [0.05, 0.1) is 17.7 Å². The third kappa shape index (κ3) is 4.59. The van der Waals surface area contributed by atoms with Gasteiger partial charge in [-0.1, -0.05) is 23.5 Å². The summed E-state index contributed by atoms with van der Waals surface area (Å²) in [7, 11) is 1.52. The Labute approximate surface area is 224 Å². The van der Waals surface area contributed by atoms with Crippen molar-refractivity contribution in [2.45, 2.75) is 41.6 Å². The molecule has 3 aromatic rings. The summed E-state index contributed by atoms with van der Waals surface area (Å²) in [5.41, 5.74) is 0.234. The number of aromatic amines is 1. The predicted molar refractivity (Wildman–Crippen MR) is 139 cm³/mol. The first-order valence-corrected chi connectivity index (χ1v) is 14.1. The van der Waals surface area contributed by atoms with E-state index < -0.39 is 24.3 Å². The smallest absolute Gasteiger partial charge is 0.416 e. The van der Waals surface area contributed by atoms with Gasteiger partial charge in [-0.15, -0.1) is 11.8 Å². The van der Waals surface area contributed by atoms with E-state index >= 15 is 0 Å². The van der Waals surface area contributed by atoms with E-state index in [9.17, 15) is 22.8 Å². The zero-order valence-corrected chi connectivity index (χ0v) is 22.0. The lowest BCUT2D eigenvalue weighted by atomic mass is 9.75. The fourth-order valence-electron chi connectivity index (χ4n) is 6.33. The molecule has 2 bridgehead atoms. The summed E-state index contributed by atoms with van der Waals surface area (Å²) < 4.78 is 50.2. The number of H-pyrrole nitrogens is 1. The highest BCUT2D eigenvalue weighted by atomic mass is 32.2. The van der Waals surface area contributed by atoms with Crippen molar-refractivity contribution in [2.75, 3.05) is 19.0 Å². The van der Waals surface area contributed by atoms with Crippen molar-refractivity contribution in [1.29, 1.82) is 0 Å². The standard InChI is InChI=1S/C27H25F3N2O4S2/c1-35-19-10-14(22-21-13-5-6-15(9-13)23(21)37-25-24(22)38-26(34)32-25)7-8-18(19)36-12-20(33)31-17-4-2-3-16(11-17)27(28,29)30/h2-4,7-8,10-11,13,15,21-23H,5-6,9,12H2,1H3,(H,31,33)(H,32,34)/t13?,15?,21?,22-,23?/m1/s1. The van der Waals surface area contributed by atoms with Crippen LogP contribution in [-0.2, 0) is 11.0 Å². The van der Waals surface area contributed by atoms with Crippen LogP contribution in [0, 0.1) is 17.8 Å². The third-order valence-electron chi connectivity index (χ3n) is 7.84. The summed E-state index contributed by atoms with van der Waals surface area (Å²) >= 11 is 3.11. The van der Waals surface area contributed by atoms with Crippen molar-refractivity contribution in [3.8, 4) is 11.5 Å². The molecule has 4 unspecified atom stereocenters. The Morgan fingerprint density at radius 1 is 1.13 bits per heavy atom. The number of anilines is 1. The van der Waals surface area contributed by atoms with Crippen molar-refractivity contribution >= 4 is 34.7 Å². The number of hydrogen-bond donors (Lipinski definition) is 2. The third-order valence-corrected chi connectivity index (χ3v) is 10.5. The molecule has 3 aliphatic rings. The molecule has 0 saturated heterocycles. The van der Waals surface area contributed by atoms with Gasteiger partial charge in [0.2, 0.25) is 0 Å². The van der Waals surface area contributed by atoms with Gasteiger partial charge in [0, 0.05) is 21.7 Å². The molecule has 6 nitrogen and oxygen atoms in total. The Morgan fingerprint density at radius 3 is 2.74 bits per heavy atom. The molecule has 2 saturated carbocycles. The van der Waals surface area contributed by atoms with E-state index in [1.54, 1.807) is 6.07 Å². The molecule has 1 amide bonds. The van der Waals surface area contributed by atoms with Crippen LogP contribution < -0.4 is 19.7 Å². The van der Waals surface area contributed by atoms with E-state index in [0.29, 0.717) is 34.5 Å². The van der Waals surface area contributed by atoms with E-state index in [0.717, 1.165) is 27.6 Å². The number of ether oxygens (including phenoxy) is 2. The molecule has 2 aromatic carbocycles. The molecule has 2 fully saturated rings. The number of halogens is 3. The highest BCUT2D eigenvalue weighted by Crippen LogP contribution is 2.63. The van der Waals surface area contributed by atoms with E-state index in [2.05, 4.69) is 10.3 Å². The molecule has 5 atom stereocenters. The van der Waals surface area contributed by atoms with Crippen molar-refractivity contribution < 1.29 is 27.4 Å². The number of carbonyl (C=O) groups excluding carboxylic acids is 1. The number of benzene rings is 2. The van der Waals surface area contributed by atoms with Gasteiger partial charge in [-0.25, -0.2) is 0 Å². The molecule has 11 heteroatoms. The number of carbonyl (C=O) groups is 1. The van der Waals surface area contributed by atoms with Gasteiger partial charge >= 0.3 is 11.0 Å². The molecule has 1 aliphatic heterocycles. The van der Waals surface area contributed by atoms with Gasteiger partial charge < -0.3 is 19.8 Å². The second-order valence-corrected chi connectivity index (χ2v) is 12.2. The van der Waals surface area contributed by atoms with E-state index in [1.165, 1.54) is 49.8 Å². The molecule has 6 rings (SSSR count). The van der Waals surface area contributed by atoms with Gasteiger partial charge in [-0.3, -0.25) is 9.59 Å². The first-order chi connectivity index (χ1) is 18.2. The summed E-state index contributed by atoms with van der Waals surface area (Å²) in [6.07, 6.45) is -0.805. The van der Waals surface area contributed by atoms with Crippen LogP contribution >= 0.6 is 23.1 Å². The molecular formula is C27H25F3N2O4S2. The van der Waals surface area contributed by atoms with Gasteiger partial charge in [0.15, 0.2) is 18.1 Å². The first kappa shape index (κ1) is 25.4. The fourth-order valence-corrected chi connectivity index (χ4v) is 9.23. The van der Waals surface area contributed by atoms with Crippen LogP contribution in [0.15, 0.2) is 52.3 Å². The van der Waals surface area contributed by atoms with Crippen molar-refractivity contribution in [3.05, 3.63) is 68.1 Å². The number of hydrogen-bond acceptors (Lipinski definition) is 6. The highest BCUT2D eigenvalue weighted by Gasteiger charge is 2.54. The van der Waals surface area contributed by atoms with Crippen molar-refractivity contribution in [2.24, 2.45) is 17.8 Å². The van der Waals surface area contributed by atoms with Crippen LogP contribution in [0.5, 0.6) is 11.5 Å². The van der Waals surface area contributed by atoms with Crippen LogP contribution in [0.2, 0.25) is 0 Å². The number of thiazole rings is 1. The number of rotatable bonds is 6. The van der Waals surface area contributed by atoms with E-state index in [1.807, 2.05) is 23.9 Å². The lowest BCUT2D eigenvalue weighted by molar-refractivity contribution is -0.137. The number of nitrogens with one attached hydrogen (secondary N) is 2. The number of thioether (sulfide) groups is 1. The summed E-state index contributed by atoms with van der Waals surface area (Å²) in [5.74, 6) is 2.06. The summed E-state index contributed by atoms with van der Waals surface area (Å²) in [6, 6.07) is 10.1. The van der Waals surface area contributed by atoms with Crippen molar-refractivity contribution in [1.82, 2.24) is 4.98 Å². The maximum absolute atomic E-state index is 13.0. The second kappa shape index (κ2) is 9.68. The Balaban J connectivity index is 1.21. The zero-order valence-electron chi connectivity index (χ0n) is 20.3. The average molecular weight is 563 g/mol. The highest BCUT2D eigenvalue weighted by molar-refractivity contribution is 8.00. The van der Waals surface area contributed by atoms with Crippen LogP contribution in [0.3, 0.4) is 0 Å². The minimum atomic E-state index is -4.50. The molecular weight excluding hydrogens is 537 g/mol. The second-order valence-electron chi connectivity index (χ2n) is 10.0. The minimum absolute atomic E-state index is 0.0348. The Hall–Kier alpha value is -2.92. The molecule has 200 valence electrons. The molecule has 0 radical (unpaired) electrons. The Kier molecular flexibility index (Phi) is 6.46. The monoisotopic (exact) mass is 562 g/mol. The largest absolute Gasteiger partial charge is 0.493 e. The molecule has 38 heavy (non-hydrogen) atoms. The van der Waals surface area contributed by atoms with Gasteiger partial charge in [0.25, 0.3) is 5.91 Å². The number of methoxy groups -OCH3 is 1. The average Bonchev–Trinajstić information content (AvgIpc) is 3.60. The minimum Gasteiger partial charge on any atom is -0.493 e. The Morgan fingerprint density at radius 2 is 1.95 bits per heavy atom. The quantitative estimate of drug-likeness (QED) is 0.378. The lowest BCUT2D eigenvalue weighted by Crippen LogP contribution is -2.33. The van der Waals surface area contributed by atoms with Crippen LogP contribution in [0.25, 0.3) is 0 Å². The Bertz CT molecular complexity index is 1440. The van der Waals surface area contributed by atoms with Crippen LogP contribution in [0.1, 0.15) is 41.2 Å². The van der Waals surface area contributed by atoms with Crippen LogP contribution in [-0.4, -0.2) is 29.9 Å². The topological polar surface area (TPSA) is 80.4 Å².